The highest BCUT2D eigenvalue weighted by atomic mass is 28.3. The van der Waals surface area contributed by atoms with Gasteiger partial charge in [0.15, 0.2) is 5.76 Å². The monoisotopic (exact) mass is 211 g/mol. The van der Waals surface area contributed by atoms with Gasteiger partial charge in [-0.05, 0) is 24.3 Å². The molecule has 0 saturated carbocycles. The Labute approximate surface area is 86.5 Å². The predicted octanol–water partition coefficient (Wildman–Crippen LogP) is 3.33. The Bertz CT molecular complexity index is 277. The molecule has 0 aliphatic carbocycles. The molecule has 1 aromatic carbocycles. The molecule has 0 heterocycles. The van der Waals surface area contributed by atoms with Gasteiger partial charge < -0.3 is 0 Å². The van der Waals surface area contributed by atoms with Gasteiger partial charge in [0.05, 0.1) is 0 Å². The van der Waals surface area contributed by atoms with Crippen molar-refractivity contribution in [3.8, 4) is 0 Å². The van der Waals surface area contributed by atoms with E-state index in [2.05, 4.69) is 26.2 Å². The molecule has 1 aromatic rings. The molecule has 1 radical (unpaired) electrons. The van der Waals surface area contributed by atoms with Gasteiger partial charge >= 0.3 is 0 Å². The minimum atomic E-state index is -0.343. The van der Waals surface area contributed by atoms with Gasteiger partial charge in [0, 0.05) is 14.4 Å². The fourth-order valence-corrected chi connectivity index (χ4v) is 0.636. The van der Waals surface area contributed by atoms with Crippen molar-refractivity contribution in [3.63, 3.8) is 0 Å². The van der Waals surface area contributed by atoms with Crippen LogP contribution in [0.25, 0.3) is 5.76 Å². The summed E-state index contributed by atoms with van der Waals surface area (Å²) in [6.07, 6.45) is 0. The van der Waals surface area contributed by atoms with Crippen molar-refractivity contribution in [2.75, 3.05) is 0 Å². The standard InChI is InChI=1S/C8H6FO.C3H10Si/c1-6(10)7-2-4-8(9)5-3-7;1-4(2)3/h2-5H,1H2;4H,1-3H3. The van der Waals surface area contributed by atoms with E-state index in [0.29, 0.717) is 5.56 Å². The predicted molar refractivity (Wildman–Crippen MR) is 60.9 cm³/mol. The molecule has 0 aliphatic rings. The lowest BCUT2D eigenvalue weighted by Crippen LogP contribution is -1.84. The number of rotatable bonds is 1. The van der Waals surface area contributed by atoms with Crippen LogP contribution in [0.5, 0.6) is 0 Å². The third-order valence-electron chi connectivity index (χ3n) is 1.17. The largest absolute Gasteiger partial charge is 0.290 e. The van der Waals surface area contributed by atoms with Crippen LogP contribution in [-0.2, 0) is 5.11 Å². The van der Waals surface area contributed by atoms with Gasteiger partial charge in [-0.1, -0.05) is 26.2 Å². The van der Waals surface area contributed by atoms with Crippen molar-refractivity contribution in [1.82, 2.24) is 0 Å². The van der Waals surface area contributed by atoms with Crippen LogP contribution in [0, 0.1) is 5.82 Å². The van der Waals surface area contributed by atoms with Gasteiger partial charge in [0.1, 0.15) is 5.82 Å². The first-order chi connectivity index (χ1) is 6.43. The van der Waals surface area contributed by atoms with Crippen LogP contribution in [-0.4, -0.2) is 8.80 Å². The zero-order chi connectivity index (χ0) is 11.1. The van der Waals surface area contributed by atoms with E-state index in [1.54, 1.807) is 0 Å². The van der Waals surface area contributed by atoms with Crippen LogP contribution in [0.4, 0.5) is 4.39 Å². The first-order valence-electron chi connectivity index (χ1n) is 4.55. The Balaban J connectivity index is 0.000000364. The fourth-order valence-electron chi connectivity index (χ4n) is 0.636. The maximum atomic E-state index is 12.2. The molecule has 77 valence electrons. The van der Waals surface area contributed by atoms with Crippen LogP contribution < -0.4 is 0 Å². The fraction of sp³-hybridized carbons (Fsp3) is 0.273. The lowest BCUT2D eigenvalue weighted by molar-refractivity contribution is 0.390. The number of hydrogen-bond acceptors (Lipinski definition) is 0. The van der Waals surface area contributed by atoms with Crippen LogP contribution >= 0.6 is 0 Å². The van der Waals surface area contributed by atoms with Crippen molar-refractivity contribution in [2.45, 2.75) is 19.6 Å². The summed E-state index contributed by atoms with van der Waals surface area (Å²) in [6, 6.07) is 5.28. The Morgan fingerprint density at radius 2 is 1.57 bits per heavy atom. The quantitative estimate of drug-likeness (QED) is 0.501. The Kier molecular flexibility index (Phi) is 5.88. The highest BCUT2D eigenvalue weighted by Gasteiger charge is 1.96. The van der Waals surface area contributed by atoms with Crippen molar-refractivity contribution in [1.29, 1.82) is 0 Å². The minimum Gasteiger partial charge on any atom is -0.290 e. The molecule has 3 heteroatoms. The minimum absolute atomic E-state index is 0.139. The molecule has 0 fully saturated rings. The van der Waals surface area contributed by atoms with Crippen molar-refractivity contribution < 1.29 is 9.50 Å². The van der Waals surface area contributed by atoms with E-state index in [4.69, 9.17) is 0 Å². The highest BCUT2D eigenvalue weighted by Crippen LogP contribution is 2.09. The summed E-state index contributed by atoms with van der Waals surface area (Å²) in [4.78, 5) is 0. The SMILES string of the molecule is C=C([O])c1ccc(F)cc1.C[SiH](C)C. The molecule has 0 spiro atoms. The Hall–Kier alpha value is -1.09. The highest BCUT2D eigenvalue weighted by molar-refractivity contribution is 6.54. The molecule has 0 amide bonds. The second-order valence-electron chi connectivity index (χ2n) is 3.66. The number of benzene rings is 1. The summed E-state index contributed by atoms with van der Waals surface area (Å²) < 4.78 is 12.2. The average Bonchev–Trinajstić information content (AvgIpc) is 2.03. The van der Waals surface area contributed by atoms with E-state index in [0.717, 1.165) is 0 Å². The number of halogens is 1. The second-order valence-corrected chi connectivity index (χ2v) is 7.13. The maximum Gasteiger partial charge on any atom is 0.178 e. The van der Waals surface area contributed by atoms with Crippen LogP contribution in [0.1, 0.15) is 5.56 Å². The molecule has 0 N–H and O–H groups in total. The molecule has 0 unspecified atom stereocenters. The van der Waals surface area contributed by atoms with Gasteiger partial charge in [-0.2, -0.15) is 0 Å². The molecule has 1 rings (SSSR count). The van der Waals surface area contributed by atoms with Gasteiger partial charge in [-0.25, -0.2) is 4.39 Å². The van der Waals surface area contributed by atoms with Crippen LogP contribution in [0.15, 0.2) is 30.8 Å². The smallest absolute Gasteiger partial charge is 0.178 e. The molecule has 0 aromatic heterocycles. The first-order valence-corrected chi connectivity index (χ1v) is 8.01. The Morgan fingerprint density at radius 1 is 1.21 bits per heavy atom. The van der Waals surface area contributed by atoms with Crippen LogP contribution in [0.2, 0.25) is 19.6 Å². The van der Waals surface area contributed by atoms with Crippen LogP contribution in [0.3, 0.4) is 0 Å². The normalized spacial score (nSPS) is 9.21. The summed E-state index contributed by atoms with van der Waals surface area (Å²) in [5.41, 5.74) is 0.432. The second kappa shape index (κ2) is 6.37. The topological polar surface area (TPSA) is 19.9 Å². The molecule has 0 atom stereocenters. The molecule has 0 bridgehead atoms. The van der Waals surface area contributed by atoms with E-state index in [-0.39, 0.29) is 20.4 Å². The maximum absolute atomic E-state index is 12.2. The molecule has 14 heavy (non-hydrogen) atoms. The zero-order valence-corrected chi connectivity index (χ0v) is 10.0. The van der Waals surface area contributed by atoms with E-state index in [1.165, 1.54) is 24.3 Å². The molecular formula is C11H16FOSi. The third kappa shape index (κ3) is 6.43. The van der Waals surface area contributed by atoms with Crippen molar-refractivity contribution >= 4 is 14.6 Å². The summed E-state index contributed by atoms with van der Waals surface area (Å²) >= 11 is 0. The van der Waals surface area contributed by atoms with E-state index in [9.17, 15) is 9.50 Å². The van der Waals surface area contributed by atoms with E-state index >= 15 is 0 Å². The summed E-state index contributed by atoms with van der Waals surface area (Å²) in [5.74, 6) is -0.634. The molecule has 0 aliphatic heterocycles. The molecule has 0 saturated heterocycles. The Morgan fingerprint density at radius 3 is 1.86 bits per heavy atom. The van der Waals surface area contributed by atoms with Crippen molar-refractivity contribution in [3.05, 3.63) is 42.2 Å². The van der Waals surface area contributed by atoms with Gasteiger partial charge in [0.2, 0.25) is 0 Å². The summed E-state index contributed by atoms with van der Waals surface area (Å²) in [5, 5.41) is 10.5. The summed E-state index contributed by atoms with van der Waals surface area (Å²) in [7, 11) is -0.139. The van der Waals surface area contributed by atoms with Gasteiger partial charge in [-0.15, -0.1) is 0 Å². The summed E-state index contributed by atoms with van der Waals surface area (Å²) in [6.45, 7) is 10.1. The van der Waals surface area contributed by atoms with Gasteiger partial charge in [0.25, 0.3) is 0 Å². The molecule has 1 nitrogen and oxygen atoms in total. The van der Waals surface area contributed by atoms with Crippen molar-refractivity contribution in [2.24, 2.45) is 0 Å². The first kappa shape index (κ1) is 12.9. The molecular weight excluding hydrogens is 195 g/mol. The zero-order valence-electron chi connectivity index (χ0n) is 8.88. The van der Waals surface area contributed by atoms with E-state index < -0.39 is 0 Å². The third-order valence-corrected chi connectivity index (χ3v) is 1.17. The lowest BCUT2D eigenvalue weighted by Gasteiger charge is -1.92. The average molecular weight is 211 g/mol. The lowest BCUT2D eigenvalue weighted by atomic mass is 10.2. The number of hydrogen-bond donors (Lipinski definition) is 0. The van der Waals surface area contributed by atoms with E-state index in [1.807, 2.05) is 0 Å². The van der Waals surface area contributed by atoms with Gasteiger partial charge in [-0.3, -0.25) is 5.11 Å².